The molecule has 0 aliphatic heterocycles. The summed E-state index contributed by atoms with van der Waals surface area (Å²) in [6.45, 7) is 2.50. The van der Waals surface area contributed by atoms with E-state index in [4.69, 9.17) is 4.74 Å². The van der Waals surface area contributed by atoms with Crippen LogP contribution < -0.4 is 0 Å². The SMILES string of the molecule is CCOC(=O)c1c(CSCc2cscn2)n(C2CC2)c2cc(Br)c(O)c(Cn3ccnc3)c12. The van der Waals surface area contributed by atoms with Crippen molar-refractivity contribution in [1.82, 2.24) is 19.1 Å². The fraction of sp³-hybridized carbons (Fsp3) is 0.348. The average Bonchev–Trinajstić information content (AvgIpc) is 3.17. The molecule has 0 spiro atoms. The predicted molar refractivity (Wildman–Crippen MR) is 134 cm³/mol. The van der Waals surface area contributed by atoms with Gasteiger partial charge in [0.2, 0.25) is 0 Å². The third kappa shape index (κ3) is 4.43. The van der Waals surface area contributed by atoms with Gasteiger partial charge in [0.25, 0.3) is 0 Å². The normalized spacial score (nSPS) is 13.6. The van der Waals surface area contributed by atoms with Crippen LogP contribution in [0.4, 0.5) is 0 Å². The first-order valence-electron chi connectivity index (χ1n) is 10.7. The first kappa shape index (κ1) is 22.5. The molecule has 4 aromatic rings. The van der Waals surface area contributed by atoms with Crippen LogP contribution in [0.2, 0.25) is 0 Å². The van der Waals surface area contributed by atoms with Gasteiger partial charge in [-0.25, -0.2) is 14.8 Å². The maximum Gasteiger partial charge on any atom is 0.340 e. The minimum Gasteiger partial charge on any atom is -0.506 e. The van der Waals surface area contributed by atoms with Crippen LogP contribution in [-0.2, 0) is 22.8 Å². The molecule has 0 amide bonds. The third-order valence-electron chi connectivity index (χ3n) is 5.69. The molecule has 0 bridgehead atoms. The van der Waals surface area contributed by atoms with Crippen LogP contribution in [0.3, 0.4) is 0 Å². The van der Waals surface area contributed by atoms with Gasteiger partial charge < -0.3 is 19.0 Å². The number of hydrogen-bond donors (Lipinski definition) is 1. The second kappa shape index (κ2) is 9.52. The Morgan fingerprint density at radius 1 is 1.39 bits per heavy atom. The molecule has 1 saturated carbocycles. The number of benzene rings is 1. The van der Waals surface area contributed by atoms with Crippen molar-refractivity contribution < 1.29 is 14.6 Å². The molecular formula is C23H23BrN4O3S2. The molecule has 1 aliphatic carbocycles. The lowest BCUT2D eigenvalue weighted by atomic mass is 10.0. The van der Waals surface area contributed by atoms with E-state index in [2.05, 4.69) is 30.5 Å². The molecule has 172 valence electrons. The molecule has 0 radical (unpaired) electrons. The van der Waals surface area contributed by atoms with Gasteiger partial charge in [-0.3, -0.25) is 0 Å². The van der Waals surface area contributed by atoms with Crippen molar-refractivity contribution in [2.45, 2.75) is 43.9 Å². The van der Waals surface area contributed by atoms with Crippen LogP contribution in [0.1, 0.15) is 53.1 Å². The summed E-state index contributed by atoms with van der Waals surface area (Å²) in [5.41, 5.74) is 6.02. The quantitative estimate of drug-likeness (QED) is 0.269. The molecule has 1 aromatic carbocycles. The van der Waals surface area contributed by atoms with Crippen LogP contribution in [-0.4, -0.2) is 36.8 Å². The molecule has 3 aromatic heterocycles. The second-order valence-electron chi connectivity index (χ2n) is 7.93. The minimum atomic E-state index is -0.347. The van der Waals surface area contributed by atoms with Crippen molar-refractivity contribution in [3.63, 3.8) is 0 Å². The number of thioether (sulfide) groups is 1. The van der Waals surface area contributed by atoms with E-state index in [0.717, 1.165) is 40.9 Å². The molecular weight excluding hydrogens is 524 g/mol. The Balaban J connectivity index is 1.68. The fourth-order valence-electron chi connectivity index (χ4n) is 4.15. The summed E-state index contributed by atoms with van der Waals surface area (Å²) in [6, 6.07) is 2.28. The minimum absolute atomic E-state index is 0.136. The molecule has 0 saturated heterocycles. The number of aromatic nitrogens is 4. The maximum atomic E-state index is 13.3. The van der Waals surface area contributed by atoms with Gasteiger partial charge in [-0.05, 0) is 41.8 Å². The number of thiazole rings is 1. The number of carbonyl (C=O) groups is 1. The van der Waals surface area contributed by atoms with Gasteiger partial charge in [0, 0.05) is 52.0 Å². The summed E-state index contributed by atoms with van der Waals surface area (Å²) in [7, 11) is 0. The van der Waals surface area contributed by atoms with E-state index in [9.17, 15) is 9.90 Å². The van der Waals surface area contributed by atoms with Crippen LogP contribution in [0.25, 0.3) is 10.9 Å². The zero-order valence-electron chi connectivity index (χ0n) is 18.0. The monoisotopic (exact) mass is 546 g/mol. The van der Waals surface area contributed by atoms with E-state index in [0.29, 0.717) is 40.5 Å². The Morgan fingerprint density at radius 2 is 2.24 bits per heavy atom. The van der Waals surface area contributed by atoms with Crippen molar-refractivity contribution in [1.29, 1.82) is 0 Å². The number of fused-ring (bicyclic) bond motifs is 1. The van der Waals surface area contributed by atoms with Crippen molar-refractivity contribution in [2.24, 2.45) is 0 Å². The Labute approximate surface area is 207 Å². The molecule has 10 heteroatoms. The summed E-state index contributed by atoms with van der Waals surface area (Å²) >= 11 is 6.86. The van der Waals surface area contributed by atoms with Gasteiger partial charge in [0.05, 0.1) is 46.2 Å². The first-order chi connectivity index (χ1) is 16.1. The smallest absolute Gasteiger partial charge is 0.340 e. The molecule has 5 rings (SSSR count). The number of ether oxygens (including phenoxy) is 1. The standard InChI is InChI=1S/C23H23BrN4O3S2/c1-2-31-23(30)21-19(11-32-9-14-10-33-13-26-14)28(15-3-4-15)18-7-17(24)22(29)16(20(18)21)8-27-6-5-25-12-27/h5-7,10,12-13,15,29H,2-4,8-9,11H2,1H3. The third-order valence-corrected chi connectivity index (χ3v) is 7.90. The van der Waals surface area contributed by atoms with Gasteiger partial charge in [-0.2, -0.15) is 0 Å². The number of phenols is 1. The molecule has 1 aliphatic rings. The lowest BCUT2D eigenvalue weighted by Crippen LogP contribution is -2.10. The Kier molecular flexibility index (Phi) is 6.49. The van der Waals surface area contributed by atoms with E-state index >= 15 is 0 Å². The van der Waals surface area contributed by atoms with E-state index in [1.54, 1.807) is 35.6 Å². The van der Waals surface area contributed by atoms with Gasteiger partial charge in [-0.1, -0.05) is 0 Å². The number of carbonyl (C=O) groups excluding carboxylic acids is 1. The van der Waals surface area contributed by atoms with E-state index in [-0.39, 0.29) is 11.7 Å². The number of phenolic OH excluding ortho intramolecular Hbond substituents is 1. The number of rotatable bonds is 9. The lowest BCUT2D eigenvalue weighted by Gasteiger charge is -2.12. The highest BCUT2D eigenvalue weighted by Gasteiger charge is 2.34. The van der Waals surface area contributed by atoms with Gasteiger partial charge in [0.1, 0.15) is 5.75 Å². The second-order valence-corrected chi connectivity index (χ2v) is 10.5. The largest absolute Gasteiger partial charge is 0.506 e. The Bertz CT molecular complexity index is 1280. The highest BCUT2D eigenvalue weighted by molar-refractivity contribution is 9.10. The molecule has 7 nitrogen and oxygen atoms in total. The molecule has 33 heavy (non-hydrogen) atoms. The van der Waals surface area contributed by atoms with Crippen LogP contribution >= 0.6 is 39.0 Å². The van der Waals surface area contributed by atoms with E-state index in [1.807, 2.05) is 34.6 Å². The van der Waals surface area contributed by atoms with Gasteiger partial charge >= 0.3 is 5.97 Å². The van der Waals surface area contributed by atoms with Crippen molar-refractivity contribution in [3.05, 3.63) is 62.7 Å². The summed E-state index contributed by atoms with van der Waals surface area (Å²) in [5.74, 6) is 1.21. The Hall–Kier alpha value is -2.30. The zero-order chi connectivity index (χ0) is 22.9. The predicted octanol–water partition coefficient (Wildman–Crippen LogP) is 5.76. The average molecular weight is 548 g/mol. The number of esters is 1. The maximum absolute atomic E-state index is 13.3. The number of halogens is 1. The van der Waals surface area contributed by atoms with Gasteiger partial charge in [-0.15, -0.1) is 23.1 Å². The topological polar surface area (TPSA) is 82.2 Å². The van der Waals surface area contributed by atoms with E-state index < -0.39 is 0 Å². The van der Waals surface area contributed by atoms with Crippen LogP contribution in [0.5, 0.6) is 5.75 Å². The van der Waals surface area contributed by atoms with Crippen LogP contribution in [0.15, 0.2) is 40.2 Å². The van der Waals surface area contributed by atoms with Crippen molar-refractivity contribution in [3.8, 4) is 5.75 Å². The molecule has 1 fully saturated rings. The zero-order valence-corrected chi connectivity index (χ0v) is 21.3. The van der Waals surface area contributed by atoms with Crippen molar-refractivity contribution in [2.75, 3.05) is 6.61 Å². The summed E-state index contributed by atoms with van der Waals surface area (Å²) in [5, 5.41) is 13.8. The first-order valence-corrected chi connectivity index (χ1v) is 13.6. The fourth-order valence-corrected chi connectivity index (χ4v) is 6.22. The van der Waals surface area contributed by atoms with Gasteiger partial charge in [0.15, 0.2) is 0 Å². The highest BCUT2D eigenvalue weighted by atomic mass is 79.9. The van der Waals surface area contributed by atoms with Crippen LogP contribution in [0, 0.1) is 0 Å². The number of hydrogen-bond acceptors (Lipinski definition) is 7. The Morgan fingerprint density at radius 3 is 2.91 bits per heavy atom. The number of imidazole rings is 1. The number of nitrogens with zero attached hydrogens (tertiary/aromatic N) is 4. The summed E-state index contributed by atoms with van der Waals surface area (Å²) < 4.78 is 10.3. The molecule has 3 heterocycles. The highest BCUT2D eigenvalue weighted by Crippen LogP contribution is 2.46. The molecule has 0 unspecified atom stereocenters. The lowest BCUT2D eigenvalue weighted by molar-refractivity contribution is 0.0527. The van der Waals surface area contributed by atoms with E-state index in [1.165, 1.54) is 0 Å². The summed E-state index contributed by atoms with van der Waals surface area (Å²) in [6.07, 6.45) is 7.40. The summed E-state index contributed by atoms with van der Waals surface area (Å²) in [4.78, 5) is 21.8. The molecule has 0 atom stereocenters. The molecule has 1 N–H and O–H groups in total. The van der Waals surface area contributed by atoms with Crippen molar-refractivity contribution >= 4 is 55.9 Å². The number of aromatic hydroxyl groups is 1.